The molecule has 0 unspecified atom stereocenters. The van der Waals surface area contributed by atoms with Crippen molar-refractivity contribution >= 4 is 23.7 Å². The van der Waals surface area contributed by atoms with Crippen LogP contribution in [0.4, 0.5) is 5.95 Å². The first-order valence-electron chi connectivity index (χ1n) is 5.33. The molecule has 1 rings (SSSR count). The fourth-order valence-corrected chi connectivity index (χ4v) is 1.91. The predicted octanol–water partition coefficient (Wildman–Crippen LogP) is 1.71. The highest BCUT2D eigenvalue weighted by atomic mass is 32.2. The highest BCUT2D eigenvalue weighted by Gasteiger charge is 2.17. The predicted molar refractivity (Wildman–Crippen MR) is 69.6 cm³/mol. The Morgan fingerprint density at radius 3 is 2.53 bits per heavy atom. The van der Waals surface area contributed by atoms with E-state index in [-0.39, 0.29) is 0 Å². The normalized spacial score (nSPS) is 12.2. The number of aliphatic carboxylic acids is 1. The first kappa shape index (κ1) is 13.8. The number of aryl methyl sites for hydroxylation is 2. The van der Waals surface area contributed by atoms with Crippen LogP contribution in [-0.4, -0.2) is 39.1 Å². The van der Waals surface area contributed by atoms with E-state index in [9.17, 15) is 4.79 Å². The molecule has 0 spiro atoms. The van der Waals surface area contributed by atoms with E-state index in [1.165, 1.54) is 0 Å². The summed E-state index contributed by atoms with van der Waals surface area (Å²) in [4.78, 5) is 19.4. The molecule has 1 heterocycles. The van der Waals surface area contributed by atoms with Crippen molar-refractivity contribution in [2.24, 2.45) is 0 Å². The van der Waals surface area contributed by atoms with Gasteiger partial charge in [0.1, 0.15) is 6.04 Å². The minimum absolute atomic E-state index is 0.385. The number of anilines is 1. The minimum atomic E-state index is -0.873. The molecule has 0 radical (unpaired) electrons. The Kier molecular flexibility index (Phi) is 5.21. The Hall–Kier alpha value is -1.30. The van der Waals surface area contributed by atoms with Crippen molar-refractivity contribution in [2.75, 3.05) is 17.3 Å². The maximum Gasteiger partial charge on any atom is 0.326 e. The smallest absolute Gasteiger partial charge is 0.326 e. The summed E-state index contributed by atoms with van der Waals surface area (Å²) < 4.78 is 0. The third kappa shape index (κ3) is 4.60. The lowest BCUT2D eigenvalue weighted by Crippen LogP contribution is -2.30. The lowest BCUT2D eigenvalue weighted by Gasteiger charge is -2.14. The van der Waals surface area contributed by atoms with Gasteiger partial charge in [0.15, 0.2) is 0 Å². The number of thioether (sulfide) groups is 1. The summed E-state index contributed by atoms with van der Waals surface area (Å²) in [5.41, 5.74) is 1.66. The first-order valence-corrected chi connectivity index (χ1v) is 6.73. The number of carbonyl (C=O) groups is 1. The molecular weight excluding hydrogens is 238 g/mol. The van der Waals surface area contributed by atoms with Crippen molar-refractivity contribution in [3.05, 3.63) is 17.5 Å². The van der Waals surface area contributed by atoms with Crippen LogP contribution in [0, 0.1) is 13.8 Å². The molecule has 1 atom stereocenters. The van der Waals surface area contributed by atoms with Gasteiger partial charge in [-0.2, -0.15) is 11.8 Å². The van der Waals surface area contributed by atoms with E-state index in [0.29, 0.717) is 12.4 Å². The van der Waals surface area contributed by atoms with Crippen LogP contribution in [0.15, 0.2) is 6.07 Å². The second-order valence-electron chi connectivity index (χ2n) is 3.79. The van der Waals surface area contributed by atoms with Crippen LogP contribution >= 0.6 is 11.8 Å². The molecule has 0 aliphatic heterocycles. The van der Waals surface area contributed by atoms with Gasteiger partial charge in [-0.05, 0) is 38.3 Å². The monoisotopic (exact) mass is 255 g/mol. The average molecular weight is 255 g/mol. The number of carboxylic acid groups (broad SMARTS) is 1. The zero-order valence-electron chi connectivity index (χ0n) is 10.2. The highest BCUT2D eigenvalue weighted by Crippen LogP contribution is 2.09. The minimum Gasteiger partial charge on any atom is -0.480 e. The van der Waals surface area contributed by atoms with Crippen molar-refractivity contribution in [1.29, 1.82) is 0 Å². The van der Waals surface area contributed by atoms with Crippen molar-refractivity contribution in [3.63, 3.8) is 0 Å². The SMILES string of the molecule is CSCC[C@H](Nc1nc(C)cc(C)n1)C(=O)O. The van der Waals surface area contributed by atoms with Crippen LogP contribution in [0.1, 0.15) is 17.8 Å². The lowest BCUT2D eigenvalue weighted by molar-refractivity contribution is -0.137. The molecule has 0 saturated heterocycles. The van der Waals surface area contributed by atoms with E-state index in [1.54, 1.807) is 11.8 Å². The standard InChI is InChI=1S/C11H17N3O2S/c1-7-6-8(2)13-11(12-7)14-9(10(15)16)4-5-17-3/h6,9H,4-5H2,1-3H3,(H,15,16)(H,12,13,14)/t9-/m0/s1. The molecule has 94 valence electrons. The second kappa shape index (κ2) is 6.44. The van der Waals surface area contributed by atoms with E-state index in [0.717, 1.165) is 17.1 Å². The summed E-state index contributed by atoms with van der Waals surface area (Å²) in [6, 6.07) is 1.21. The average Bonchev–Trinajstić information content (AvgIpc) is 2.22. The summed E-state index contributed by atoms with van der Waals surface area (Å²) in [7, 11) is 0. The van der Waals surface area contributed by atoms with E-state index >= 15 is 0 Å². The zero-order chi connectivity index (χ0) is 12.8. The quantitative estimate of drug-likeness (QED) is 0.806. The van der Waals surface area contributed by atoms with Gasteiger partial charge < -0.3 is 10.4 Å². The molecule has 0 aromatic carbocycles. The van der Waals surface area contributed by atoms with Crippen LogP contribution in [0.3, 0.4) is 0 Å². The van der Waals surface area contributed by atoms with E-state index in [2.05, 4.69) is 15.3 Å². The molecule has 17 heavy (non-hydrogen) atoms. The molecule has 0 bridgehead atoms. The van der Waals surface area contributed by atoms with Gasteiger partial charge in [0.05, 0.1) is 0 Å². The number of hydrogen-bond donors (Lipinski definition) is 2. The van der Waals surface area contributed by atoms with Crippen LogP contribution in [0.2, 0.25) is 0 Å². The molecule has 0 aliphatic rings. The summed E-state index contributed by atoms with van der Waals surface area (Å²) in [5, 5.41) is 11.9. The Labute approximate surface area is 105 Å². The van der Waals surface area contributed by atoms with E-state index in [4.69, 9.17) is 5.11 Å². The molecular formula is C11H17N3O2S. The number of nitrogens with zero attached hydrogens (tertiary/aromatic N) is 2. The zero-order valence-corrected chi connectivity index (χ0v) is 11.0. The van der Waals surface area contributed by atoms with Gasteiger partial charge in [0, 0.05) is 11.4 Å². The van der Waals surface area contributed by atoms with Crippen molar-refractivity contribution in [1.82, 2.24) is 9.97 Å². The molecule has 0 aliphatic carbocycles. The summed E-state index contributed by atoms with van der Waals surface area (Å²) in [6.07, 6.45) is 2.50. The summed E-state index contributed by atoms with van der Waals surface area (Å²) in [5.74, 6) is 0.298. The third-order valence-corrected chi connectivity index (χ3v) is 2.84. The Morgan fingerprint density at radius 2 is 2.06 bits per heavy atom. The molecule has 6 heteroatoms. The van der Waals surface area contributed by atoms with Crippen molar-refractivity contribution < 1.29 is 9.90 Å². The molecule has 0 fully saturated rings. The maximum absolute atomic E-state index is 11.1. The first-order chi connectivity index (χ1) is 8.02. The van der Waals surface area contributed by atoms with Crippen LogP contribution < -0.4 is 5.32 Å². The Morgan fingerprint density at radius 1 is 1.47 bits per heavy atom. The maximum atomic E-state index is 11.1. The third-order valence-electron chi connectivity index (χ3n) is 2.19. The van der Waals surface area contributed by atoms with Crippen LogP contribution in [-0.2, 0) is 4.79 Å². The number of aromatic nitrogens is 2. The Balaban J connectivity index is 2.74. The molecule has 0 amide bonds. The van der Waals surface area contributed by atoms with Gasteiger partial charge in [0.25, 0.3) is 0 Å². The molecule has 5 nitrogen and oxygen atoms in total. The summed E-state index contributed by atoms with van der Waals surface area (Å²) >= 11 is 1.62. The lowest BCUT2D eigenvalue weighted by atomic mass is 10.2. The number of carboxylic acids is 1. The number of nitrogens with one attached hydrogen (secondary N) is 1. The van der Waals surface area contributed by atoms with Crippen molar-refractivity contribution in [2.45, 2.75) is 26.3 Å². The summed E-state index contributed by atoms with van der Waals surface area (Å²) in [6.45, 7) is 3.72. The van der Waals surface area contributed by atoms with Crippen molar-refractivity contribution in [3.8, 4) is 0 Å². The van der Waals surface area contributed by atoms with Crippen LogP contribution in [0.5, 0.6) is 0 Å². The molecule has 1 aromatic heterocycles. The van der Waals surface area contributed by atoms with Gasteiger partial charge in [0.2, 0.25) is 5.95 Å². The van der Waals surface area contributed by atoms with Gasteiger partial charge in [-0.3, -0.25) is 0 Å². The van der Waals surface area contributed by atoms with Crippen LogP contribution in [0.25, 0.3) is 0 Å². The fourth-order valence-electron chi connectivity index (χ4n) is 1.44. The van der Waals surface area contributed by atoms with E-state index < -0.39 is 12.0 Å². The second-order valence-corrected chi connectivity index (χ2v) is 4.78. The number of rotatable bonds is 6. The number of hydrogen-bond acceptors (Lipinski definition) is 5. The molecule has 2 N–H and O–H groups in total. The van der Waals surface area contributed by atoms with Gasteiger partial charge in [-0.25, -0.2) is 14.8 Å². The largest absolute Gasteiger partial charge is 0.480 e. The highest BCUT2D eigenvalue weighted by molar-refractivity contribution is 7.98. The molecule has 1 aromatic rings. The fraction of sp³-hybridized carbons (Fsp3) is 0.545. The molecule has 0 saturated carbocycles. The van der Waals surface area contributed by atoms with Gasteiger partial charge in [-0.1, -0.05) is 0 Å². The van der Waals surface area contributed by atoms with Gasteiger partial charge >= 0.3 is 5.97 Å². The van der Waals surface area contributed by atoms with E-state index in [1.807, 2.05) is 26.2 Å². The van der Waals surface area contributed by atoms with Gasteiger partial charge in [-0.15, -0.1) is 0 Å². The Bertz CT molecular complexity index is 378. The topological polar surface area (TPSA) is 75.1 Å².